The Kier molecular flexibility index (Phi) is 7.70. The van der Waals surface area contributed by atoms with Gasteiger partial charge in [0.25, 0.3) is 0 Å². The Hall–Kier alpha value is -0.340. The van der Waals surface area contributed by atoms with Gasteiger partial charge in [-0.2, -0.15) is 0 Å². The number of rotatable bonds is 7. The molecule has 0 fully saturated rings. The highest BCUT2D eigenvalue weighted by Crippen LogP contribution is 2.32. The minimum Gasteiger partial charge on any atom is -0.373 e. The van der Waals surface area contributed by atoms with Gasteiger partial charge < -0.3 is 10.1 Å². The molecule has 1 unspecified atom stereocenters. The van der Waals surface area contributed by atoms with Gasteiger partial charge in [-0.25, -0.2) is 0 Å². The number of nitrogens with one attached hydrogen (secondary N) is 1. The maximum Gasteiger partial charge on any atom is 0.0867 e. The van der Waals surface area contributed by atoms with E-state index in [0.29, 0.717) is 6.04 Å². The van der Waals surface area contributed by atoms with Crippen LogP contribution in [0.3, 0.4) is 0 Å². The van der Waals surface area contributed by atoms with Crippen molar-refractivity contribution in [3.05, 3.63) is 11.6 Å². The van der Waals surface area contributed by atoms with Crippen molar-refractivity contribution in [2.45, 2.75) is 83.8 Å². The summed E-state index contributed by atoms with van der Waals surface area (Å²) >= 11 is 0. The fraction of sp³-hybridized carbons (Fsp3) is 0.882. The number of likely N-dealkylation sites (N-methyl/N-ethyl adjacent to an activating group) is 1. The summed E-state index contributed by atoms with van der Waals surface area (Å²) in [6, 6.07) is 0.376. The average molecular weight is 267 g/mol. The van der Waals surface area contributed by atoms with Gasteiger partial charge >= 0.3 is 0 Å². The van der Waals surface area contributed by atoms with Crippen LogP contribution in [-0.4, -0.2) is 25.3 Å². The molecule has 1 atom stereocenters. The van der Waals surface area contributed by atoms with E-state index >= 15 is 0 Å². The Labute approximate surface area is 120 Å². The smallest absolute Gasteiger partial charge is 0.0867 e. The number of allylic oxidation sites excluding steroid dienone is 1. The van der Waals surface area contributed by atoms with Gasteiger partial charge in [0.2, 0.25) is 0 Å². The van der Waals surface area contributed by atoms with E-state index in [2.05, 4.69) is 39.2 Å². The van der Waals surface area contributed by atoms with E-state index in [-0.39, 0.29) is 5.60 Å². The number of hydrogen-bond donors (Lipinski definition) is 1. The molecule has 0 saturated carbocycles. The summed E-state index contributed by atoms with van der Waals surface area (Å²) in [5.41, 5.74) is 1.55. The molecule has 0 amide bonds. The molecule has 0 aromatic rings. The summed E-state index contributed by atoms with van der Waals surface area (Å²) < 4.78 is 6.20. The van der Waals surface area contributed by atoms with Crippen LogP contribution in [0.4, 0.5) is 0 Å². The van der Waals surface area contributed by atoms with E-state index in [4.69, 9.17) is 4.74 Å². The Morgan fingerprint density at radius 1 is 1.16 bits per heavy atom. The largest absolute Gasteiger partial charge is 0.373 e. The fourth-order valence-corrected chi connectivity index (χ4v) is 3.50. The molecule has 0 radical (unpaired) electrons. The highest BCUT2D eigenvalue weighted by molar-refractivity contribution is 5.18. The molecular formula is C17H33NO. The van der Waals surface area contributed by atoms with Gasteiger partial charge in [-0.05, 0) is 52.5 Å². The molecule has 1 N–H and O–H groups in total. The SMILES string of the molecule is CCOC(CC)(CC)C(NC)C1=CCCCCCC1. The van der Waals surface area contributed by atoms with E-state index in [1.807, 2.05) is 0 Å². The zero-order valence-electron chi connectivity index (χ0n) is 13.4. The summed E-state index contributed by atoms with van der Waals surface area (Å²) in [6.07, 6.45) is 12.6. The van der Waals surface area contributed by atoms with Crippen LogP contribution in [0.1, 0.15) is 72.1 Å². The first kappa shape index (κ1) is 16.7. The van der Waals surface area contributed by atoms with E-state index in [9.17, 15) is 0 Å². The predicted octanol–water partition coefficient (Wildman–Crippen LogP) is 4.45. The van der Waals surface area contributed by atoms with Crippen LogP contribution >= 0.6 is 0 Å². The lowest BCUT2D eigenvalue weighted by molar-refractivity contribution is -0.0629. The van der Waals surface area contributed by atoms with Gasteiger partial charge in [0, 0.05) is 6.61 Å². The first-order valence-electron chi connectivity index (χ1n) is 8.24. The van der Waals surface area contributed by atoms with E-state index < -0.39 is 0 Å². The maximum absolute atomic E-state index is 6.20. The minimum atomic E-state index is -0.0332. The van der Waals surface area contributed by atoms with Crippen molar-refractivity contribution in [2.75, 3.05) is 13.7 Å². The third kappa shape index (κ3) is 4.32. The Bertz CT molecular complexity index is 268. The average Bonchev–Trinajstić information content (AvgIpc) is 2.40. The second-order valence-electron chi connectivity index (χ2n) is 5.66. The molecule has 2 heteroatoms. The van der Waals surface area contributed by atoms with Crippen molar-refractivity contribution >= 4 is 0 Å². The fourth-order valence-electron chi connectivity index (χ4n) is 3.50. The van der Waals surface area contributed by atoms with E-state index in [1.54, 1.807) is 5.57 Å². The zero-order chi connectivity index (χ0) is 14.1. The summed E-state index contributed by atoms with van der Waals surface area (Å²) in [6.45, 7) is 7.42. The molecule has 0 aliphatic heterocycles. The lowest BCUT2D eigenvalue weighted by atomic mass is 9.80. The molecule has 0 aromatic heterocycles. The van der Waals surface area contributed by atoms with Crippen molar-refractivity contribution in [2.24, 2.45) is 0 Å². The molecule has 0 saturated heterocycles. The van der Waals surface area contributed by atoms with Crippen molar-refractivity contribution in [1.29, 1.82) is 0 Å². The molecule has 0 bridgehead atoms. The van der Waals surface area contributed by atoms with Crippen molar-refractivity contribution in [3.63, 3.8) is 0 Å². The van der Waals surface area contributed by atoms with Crippen molar-refractivity contribution in [3.8, 4) is 0 Å². The van der Waals surface area contributed by atoms with Crippen LogP contribution in [0.25, 0.3) is 0 Å². The lowest BCUT2D eigenvalue weighted by Crippen LogP contribution is -2.52. The third-order valence-corrected chi connectivity index (χ3v) is 4.64. The normalized spacial score (nSPS) is 19.5. The molecule has 19 heavy (non-hydrogen) atoms. The van der Waals surface area contributed by atoms with Crippen LogP contribution in [0.5, 0.6) is 0 Å². The number of ether oxygens (including phenoxy) is 1. The summed E-state index contributed by atoms with van der Waals surface area (Å²) in [5.74, 6) is 0. The predicted molar refractivity (Wildman–Crippen MR) is 83.6 cm³/mol. The van der Waals surface area contributed by atoms with Crippen LogP contribution < -0.4 is 5.32 Å². The standard InChI is InChI=1S/C17H33NO/c1-5-17(6-2,19-7-3)16(18-4)15-13-11-9-8-10-12-14-15/h13,16,18H,5-12,14H2,1-4H3. The van der Waals surface area contributed by atoms with Gasteiger partial charge in [-0.3, -0.25) is 0 Å². The highest BCUT2D eigenvalue weighted by atomic mass is 16.5. The van der Waals surface area contributed by atoms with Gasteiger partial charge in [-0.1, -0.05) is 38.3 Å². The van der Waals surface area contributed by atoms with Crippen LogP contribution in [-0.2, 0) is 4.74 Å². The second kappa shape index (κ2) is 8.76. The Balaban J connectivity index is 2.93. The van der Waals surface area contributed by atoms with Crippen molar-refractivity contribution in [1.82, 2.24) is 5.32 Å². The van der Waals surface area contributed by atoms with Gasteiger partial charge in [0.1, 0.15) is 0 Å². The molecule has 112 valence electrons. The molecule has 1 aliphatic carbocycles. The molecule has 1 rings (SSSR count). The first-order valence-corrected chi connectivity index (χ1v) is 8.24. The van der Waals surface area contributed by atoms with Gasteiger partial charge in [0.15, 0.2) is 0 Å². The Morgan fingerprint density at radius 2 is 1.84 bits per heavy atom. The molecular weight excluding hydrogens is 234 g/mol. The third-order valence-electron chi connectivity index (χ3n) is 4.64. The molecule has 2 nitrogen and oxygen atoms in total. The van der Waals surface area contributed by atoms with Crippen molar-refractivity contribution < 1.29 is 4.74 Å². The monoisotopic (exact) mass is 267 g/mol. The summed E-state index contributed by atoms with van der Waals surface area (Å²) in [4.78, 5) is 0. The topological polar surface area (TPSA) is 21.3 Å². The molecule has 1 aliphatic rings. The quantitative estimate of drug-likeness (QED) is 0.688. The minimum absolute atomic E-state index is 0.0332. The molecule has 0 aromatic carbocycles. The van der Waals surface area contributed by atoms with Crippen LogP contribution in [0, 0.1) is 0 Å². The number of hydrogen-bond acceptors (Lipinski definition) is 2. The first-order chi connectivity index (χ1) is 9.24. The van der Waals surface area contributed by atoms with E-state index in [1.165, 1.54) is 38.5 Å². The van der Waals surface area contributed by atoms with Gasteiger partial charge in [0.05, 0.1) is 11.6 Å². The maximum atomic E-state index is 6.20. The van der Waals surface area contributed by atoms with Crippen LogP contribution in [0.2, 0.25) is 0 Å². The molecule has 0 spiro atoms. The van der Waals surface area contributed by atoms with Gasteiger partial charge in [-0.15, -0.1) is 0 Å². The second-order valence-corrected chi connectivity index (χ2v) is 5.66. The zero-order valence-corrected chi connectivity index (χ0v) is 13.4. The van der Waals surface area contributed by atoms with E-state index in [0.717, 1.165) is 19.4 Å². The van der Waals surface area contributed by atoms with Crippen LogP contribution in [0.15, 0.2) is 11.6 Å². The summed E-state index contributed by atoms with van der Waals surface area (Å²) in [7, 11) is 2.09. The molecule has 0 heterocycles. The lowest BCUT2D eigenvalue weighted by Gasteiger charge is -2.41. The highest BCUT2D eigenvalue weighted by Gasteiger charge is 2.37. The summed E-state index contributed by atoms with van der Waals surface area (Å²) in [5, 5.41) is 3.55. The Morgan fingerprint density at radius 3 is 2.42 bits per heavy atom.